The smallest absolute Gasteiger partial charge is 0.282 e. The number of likely N-dealkylation sites (N-methyl/N-ethyl adjacent to an activating group) is 1. The van der Waals surface area contributed by atoms with E-state index < -0.39 is 5.82 Å². The molecule has 1 spiro atoms. The molecule has 0 N–H and O–H groups in total. The highest BCUT2D eigenvalue weighted by atomic mass is 19.1. The van der Waals surface area contributed by atoms with Crippen molar-refractivity contribution in [3.63, 3.8) is 0 Å². The number of anilines is 1. The molecular weight excluding hydrogens is 589 g/mol. The van der Waals surface area contributed by atoms with Crippen molar-refractivity contribution < 1.29 is 23.4 Å². The Bertz CT molecular complexity index is 1270. The molecule has 46 heavy (non-hydrogen) atoms. The van der Waals surface area contributed by atoms with E-state index in [0.717, 1.165) is 52.0 Å². The molecule has 256 valence electrons. The molecule has 1 aromatic carbocycles. The van der Waals surface area contributed by atoms with Crippen LogP contribution in [0.1, 0.15) is 64.2 Å². The number of carbonyl (C=O) groups excluding carboxylic acids is 1. The number of ether oxygens (including phenoxy) is 3. The number of rotatable bonds is 17. The summed E-state index contributed by atoms with van der Waals surface area (Å²) >= 11 is 0. The molecule has 3 heterocycles. The third-order valence-corrected chi connectivity index (χ3v) is 9.58. The van der Waals surface area contributed by atoms with Crippen LogP contribution >= 0.6 is 0 Å². The first-order chi connectivity index (χ1) is 22.0. The molecule has 1 atom stereocenters. The number of likely N-dealkylation sites (tertiary alicyclic amines) is 1. The lowest BCUT2D eigenvalue weighted by Crippen LogP contribution is -2.62. The van der Waals surface area contributed by atoms with Crippen molar-refractivity contribution in [2.75, 3.05) is 78.6 Å². The summed E-state index contributed by atoms with van der Waals surface area (Å²) in [5.74, 6) is 0.807. The molecule has 0 unspecified atom stereocenters. The van der Waals surface area contributed by atoms with E-state index in [0.29, 0.717) is 37.5 Å². The van der Waals surface area contributed by atoms with Gasteiger partial charge in [-0.1, -0.05) is 13.8 Å². The van der Waals surface area contributed by atoms with Crippen LogP contribution in [0.2, 0.25) is 0 Å². The molecule has 0 radical (unpaired) electrons. The number of hydrogen-bond donors (Lipinski definition) is 0. The minimum absolute atomic E-state index is 0.0454. The number of amides is 1. The van der Waals surface area contributed by atoms with Gasteiger partial charge in [0.1, 0.15) is 17.9 Å². The van der Waals surface area contributed by atoms with Gasteiger partial charge in [0, 0.05) is 64.4 Å². The lowest BCUT2D eigenvalue weighted by atomic mass is 9.76. The second kappa shape index (κ2) is 16.3. The maximum absolute atomic E-state index is 14.3. The van der Waals surface area contributed by atoms with Gasteiger partial charge in [-0.3, -0.25) is 14.6 Å². The average molecular weight is 644 g/mol. The summed E-state index contributed by atoms with van der Waals surface area (Å²) in [5.41, 5.74) is 0.336. The number of hydrogen-bond acceptors (Lipinski definition) is 10. The Morgan fingerprint density at radius 1 is 1.11 bits per heavy atom. The van der Waals surface area contributed by atoms with Crippen molar-refractivity contribution in [3.8, 4) is 11.6 Å². The Labute approximate surface area is 274 Å². The summed E-state index contributed by atoms with van der Waals surface area (Å²) in [6.45, 7) is 17.0. The fourth-order valence-corrected chi connectivity index (χ4v) is 7.08. The quantitative estimate of drug-likeness (QED) is 0.244. The standard InChI is InChI=1S/C34H54FN7O4/c1-9-42(25(4)5)33(43)28-17-26(35)12-13-30(28)46-32-31(36-23-37-38-32)40-16-14-34(20-40)21-41(22-34)29(24(2)3)11-10-15-39(6)27(18-44-7)19-45-8/h12-13,17,23-25,27,29H,9-11,14-16,18-22H2,1-8H3/t29-/m1/s1. The molecule has 11 nitrogen and oxygen atoms in total. The highest BCUT2D eigenvalue weighted by Gasteiger charge is 2.50. The maximum Gasteiger partial charge on any atom is 0.282 e. The van der Waals surface area contributed by atoms with Crippen LogP contribution in [0.15, 0.2) is 24.5 Å². The van der Waals surface area contributed by atoms with Gasteiger partial charge in [-0.15, -0.1) is 10.2 Å². The van der Waals surface area contributed by atoms with Crippen molar-refractivity contribution in [2.45, 2.75) is 72.0 Å². The van der Waals surface area contributed by atoms with Gasteiger partial charge < -0.3 is 24.0 Å². The fraction of sp³-hybridized carbons (Fsp3) is 0.706. The van der Waals surface area contributed by atoms with E-state index in [1.165, 1.54) is 24.5 Å². The molecule has 2 aromatic rings. The van der Waals surface area contributed by atoms with Crippen molar-refractivity contribution in [1.29, 1.82) is 0 Å². The molecule has 2 aliphatic rings. The van der Waals surface area contributed by atoms with Crippen LogP contribution in [-0.2, 0) is 9.47 Å². The molecule has 1 amide bonds. The molecule has 2 saturated heterocycles. The molecule has 4 rings (SSSR count). The van der Waals surface area contributed by atoms with E-state index in [1.54, 1.807) is 19.1 Å². The third kappa shape index (κ3) is 8.50. The number of aromatic nitrogens is 3. The molecule has 0 saturated carbocycles. The van der Waals surface area contributed by atoms with Gasteiger partial charge in [0.05, 0.1) is 24.8 Å². The van der Waals surface area contributed by atoms with E-state index in [1.807, 2.05) is 20.8 Å². The van der Waals surface area contributed by atoms with E-state index in [2.05, 4.69) is 50.8 Å². The topological polar surface area (TPSA) is 96.4 Å². The molecule has 1 aromatic heterocycles. The zero-order valence-electron chi connectivity index (χ0n) is 29.0. The second-order valence-electron chi connectivity index (χ2n) is 13.6. The Morgan fingerprint density at radius 3 is 2.46 bits per heavy atom. The third-order valence-electron chi connectivity index (χ3n) is 9.58. The maximum atomic E-state index is 14.3. The van der Waals surface area contributed by atoms with E-state index >= 15 is 0 Å². The summed E-state index contributed by atoms with van der Waals surface area (Å²) in [6.07, 6.45) is 4.74. The minimum Gasteiger partial charge on any atom is -0.434 e. The molecule has 0 bridgehead atoms. The molecule has 0 aliphatic carbocycles. The van der Waals surface area contributed by atoms with Crippen molar-refractivity contribution >= 4 is 11.7 Å². The molecule has 2 fully saturated rings. The molecule has 2 aliphatic heterocycles. The van der Waals surface area contributed by atoms with Gasteiger partial charge in [-0.05, 0) is 77.7 Å². The fourth-order valence-electron chi connectivity index (χ4n) is 7.08. The van der Waals surface area contributed by atoms with Crippen LogP contribution in [-0.4, -0.2) is 128 Å². The van der Waals surface area contributed by atoms with Crippen LogP contribution in [0.3, 0.4) is 0 Å². The lowest BCUT2D eigenvalue weighted by molar-refractivity contribution is -0.0351. The first kappa shape index (κ1) is 35.9. The van der Waals surface area contributed by atoms with Crippen molar-refractivity contribution in [2.24, 2.45) is 11.3 Å². The van der Waals surface area contributed by atoms with Crippen LogP contribution in [0.5, 0.6) is 11.6 Å². The molecular formula is C34H54FN7O4. The highest BCUT2D eigenvalue weighted by molar-refractivity contribution is 5.97. The van der Waals surface area contributed by atoms with Gasteiger partial charge in [0.15, 0.2) is 5.82 Å². The number of benzene rings is 1. The van der Waals surface area contributed by atoms with Gasteiger partial charge in [-0.2, -0.15) is 0 Å². The summed E-state index contributed by atoms with van der Waals surface area (Å²) in [7, 11) is 5.63. The van der Waals surface area contributed by atoms with Crippen LogP contribution in [0.4, 0.5) is 10.2 Å². The van der Waals surface area contributed by atoms with Gasteiger partial charge >= 0.3 is 0 Å². The van der Waals surface area contributed by atoms with Crippen LogP contribution < -0.4 is 9.64 Å². The Hall–Kier alpha value is -2.93. The van der Waals surface area contributed by atoms with E-state index in [9.17, 15) is 9.18 Å². The predicted octanol–water partition coefficient (Wildman–Crippen LogP) is 4.58. The summed E-state index contributed by atoms with van der Waals surface area (Å²) in [4.78, 5) is 26.8. The van der Waals surface area contributed by atoms with E-state index in [4.69, 9.17) is 14.2 Å². The number of carbonyl (C=O) groups is 1. The first-order valence-corrected chi connectivity index (χ1v) is 16.7. The van der Waals surface area contributed by atoms with Gasteiger partial charge in [0.25, 0.3) is 11.8 Å². The Balaban J connectivity index is 1.40. The van der Waals surface area contributed by atoms with Crippen molar-refractivity contribution in [1.82, 2.24) is 29.9 Å². The van der Waals surface area contributed by atoms with Gasteiger partial charge in [-0.25, -0.2) is 9.37 Å². The monoisotopic (exact) mass is 643 g/mol. The highest BCUT2D eigenvalue weighted by Crippen LogP contribution is 2.44. The zero-order valence-corrected chi connectivity index (χ0v) is 29.0. The van der Waals surface area contributed by atoms with Gasteiger partial charge in [0.2, 0.25) is 0 Å². The number of methoxy groups -OCH3 is 2. The summed E-state index contributed by atoms with van der Waals surface area (Å²) in [6, 6.07) is 4.73. The first-order valence-electron chi connectivity index (χ1n) is 16.7. The van der Waals surface area contributed by atoms with Crippen LogP contribution in [0, 0.1) is 17.2 Å². The number of halogens is 1. The SMILES string of the molecule is CCN(C(=O)c1cc(F)ccc1Oc1nncnc1N1CCC2(C1)CN([C@H](CCCN(C)C(COC)COC)C(C)C)C2)C(C)C. The van der Waals surface area contributed by atoms with E-state index in [-0.39, 0.29) is 40.6 Å². The summed E-state index contributed by atoms with van der Waals surface area (Å²) < 4.78 is 31.3. The van der Waals surface area contributed by atoms with Crippen LogP contribution in [0.25, 0.3) is 0 Å². The lowest BCUT2D eigenvalue weighted by Gasteiger charge is -2.53. The molecule has 12 heteroatoms. The number of nitrogens with zero attached hydrogens (tertiary/aromatic N) is 7. The average Bonchev–Trinajstić information content (AvgIpc) is 3.45. The largest absolute Gasteiger partial charge is 0.434 e. The summed E-state index contributed by atoms with van der Waals surface area (Å²) in [5, 5.41) is 8.23. The Morgan fingerprint density at radius 2 is 1.83 bits per heavy atom. The van der Waals surface area contributed by atoms with Crippen molar-refractivity contribution in [3.05, 3.63) is 35.9 Å². The Kier molecular flexibility index (Phi) is 12.7. The zero-order chi connectivity index (χ0) is 33.4. The normalized spacial score (nSPS) is 17.0. The predicted molar refractivity (Wildman–Crippen MR) is 177 cm³/mol. The second-order valence-corrected chi connectivity index (χ2v) is 13.6. The minimum atomic E-state index is -0.503.